The first-order valence-electron chi connectivity index (χ1n) is 9.53. The zero-order valence-electron chi connectivity index (χ0n) is 16.6. The van der Waals surface area contributed by atoms with Crippen LogP contribution in [0, 0.1) is 6.92 Å². The second-order valence-corrected chi connectivity index (χ2v) is 7.07. The third kappa shape index (κ3) is 3.81. The smallest absolute Gasteiger partial charge is 0.256 e. The minimum Gasteiger partial charge on any atom is -0.329 e. The van der Waals surface area contributed by atoms with Gasteiger partial charge in [0.05, 0.1) is 42.8 Å². The van der Waals surface area contributed by atoms with E-state index in [1.807, 2.05) is 43.9 Å². The normalized spacial score (nSPS) is 19.8. The van der Waals surface area contributed by atoms with Crippen molar-refractivity contribution in [3.8, 4) is 5.69 Å². The van der Waals surface area contributed by atoms with Crippen LogP contribution in [0.1, 0.15) is 30.0 Å². The number of aryl methyl sites for hydroxylation is 1. The van der Waals surface area contributed by atoms with Crippen LogP contribution in [0.25, 0.3) is 5.69 Å². The average molecular weight is 393 g/mol. The molecule has 29 heavy (non-hydrogen) atoms. The van der Waals surface area contributed by atoms with Crippen molar-refractivity contribution in [3.63, 3.8) is 0 Å². The van der Waals surface area contributed by atoms with Gasteiger partial charge >= 0.3 is 0 Å². The molecule has 150 valence electrons. The van der Waals surface area contributed by atoms with Gasteiger partial charge in [-0.1, -0.05) is 12.1 Å². The summed E-state index contributed by atoms with van der Waals surface area (Å²) in [4.78, 5) is 31.4. The van der Waals surface area contributed by atoms with Gasteiger partial charge in [0.1, 0.15) is 5.82 Å². The van der Waals surface area contributed by atoms with Crippen molar-refractivity contribution in [1.82, 2.24) is 29.9 Å². The largest absolute Gasteiger partial charge is 0.329 e. The number of aromatic nitrogens is 5. The van der Waals surface area contributed by atoms with Crippen molar-refractivity contribution in [2.45, 2.75) is 32.9 Å². The summed E-state index contributed by atoms with van der Waals surface area (Å²) in [5.74, 6) is 1.28. The van der Waals surface area contributed by atoms with E-state index in [9.17, 15) is 4.79 Å². The Hall–Kier alpha value is -3.33. The highest BCUT2D eigenvalue weighted by Gasteiger charge is 2.33. The Kier molecular flexibility index (Phi) is 5.22. The number of para-hydroxylation sites is 1. The summed E-state index contributed by atoms with van der Waals surface area (Å²) in [5, 5.41) is 10.1. The van der Waals surface area contributed by atoms with Gasteiger partial charge in [-0.15, -0.1) is 0 Å². The van der Waals surface area contributed by atoms with E-state index >= 15 is 0 Å². The van der Waals surface area contributed by atoms with Crippen LogP contribution in [0.4, 0.5) is 5.82 Å². The molecule has 1 amide bonds. The summed E-state index contributed by atoms with van der Waals surface area (Å²) in [6, 6.07) is 8.94. The molecule has 1 saturated heterocycles. The average Bonchev–Trinajstić information content (AvgIpc) is 3.21. The number of anilines is 1. The fourth-order valence-corrected chi connectivity index (χ4v) is 3.54. The van der Waals surface area contributed by atoms with E-state index in [1.165, 1.54) is 4.80 Å². The molecule has 0 aliphatic carbocycles. The van der Waals surface area contributed by atoms with Crippen LogP contribution in [0.5, 0.6) is 0 Å². The summed E-state index contributed by atoms with van der Waals surface area (Å²) >= 11 is 0. The van der Waals surface area contributed by atoms with Gasteiger partial charge in [0, 0.05) is 18.3 Å². The van der Waals surface area contributed by atoms with E-state index in [1.54, 1.807) is 35.8 Å². The van der Waals surface area contributed by atoms with E-state index in [0.717, 1.165) is 0 Å². The zero-order valence-corrected chi connectivity index (χ0v) is 16.6. The van der Waals surface area contributed by atoms with Crippen LogP contribution < -0.4 is 5.06 Å². The van der Waals surface area contributed by atoms with Crippen molar-refractivity contribution in [2.24, 2.45) is 0 Å². The number of nitrogens with zero attached hydrogens (tertiary/aromatic N) is 7. The number of carbonyl (C=O) groups is 1. The molecule has 0 unspecified atom stereocenters. The molecule has 3 aromatic rings. The van der Waals surface area contributed by atoms with Crippen molar-refractivity contribution < 1.29 is 9.63 Å². The van der Waals surface area contributed by atoms with Crippen LogP contribution in [0.15, 0.2) is 48.9 Å². The molecule has 1 fully saturated rings. The van der Waals surface area contributed by atoms with Gasteiger partial charge in [0.2, 0.25) is 0 Å². The second kappa shape index (κ2) is 7.96. The van der Waals surface area contributed by atoms with E-state index < -0.39 is 0 Å². The lowest BCUT2D eigenvalue weighted by atomic mass is 10.1. The van der Waals surface area contributed by atoms with Gasteiger partial charge in [0.25, 0.3) is 5.91 Å². The van der Waals surface area contributed by atoms with Gasteiger partial charge in [-0.05, 0) is 32.9 Å². The predicted octanol–water partition coefficient (Wildman–Crippen LogP) is 2.04. The molecule has 0 saturated carbocycles. The van der Waals surface area contributed by atoms with Gasteiger partial charge in [-0.2, -0.15) is 15.0 Å². The molecular formula is C20H23N7O2. The Balaban J connectivity index is 1.63. The van der Waals surface area contributed by atoms with Gasteiger partial charge in [0.15, 0.2) is 5.82 Å². The van der Waals surface area contributed by atoms with E-state index in [-0.39, 0.29) is 18.0 Å². The van der Waals surface area contributed by atoms with E-state index in [0.29, 0.717) is 36.0 Å². The van der Waals surface area contributed by atoms with Crippen LogP contribution in [-0.4, -0.2) is 61.0 Å². The second-order valence-electron chi connectivity index (χ2n) is 7.07. The molecule has 0 spiro atoms. The molecule has 0 radical (unpaired) electrons. The van der Waals surface area contributed by atoms with Gasteiger partial charge in [-0.3, -0.25) is 9.63 Å². The molecule has 3 heterocycles. The first-order chi connectivity index (χ1) is 14.0. The molecule has 2 aromatic heterocycles. The fourth-order valence-electron chi connectivity index (χ4n) is 3.54. The standard InChI is InChI=1S/C20H23N7O2/c1-14-12-25(19-8-9-21-16(3)24-19)29-13-15(2)26(14)20(28)17-6-4-5-7-18(17)27-22-10-11-23-27/h4-11,14-15H,12-13H2,1-3H3/t14-,15+/m0/s1. The maximum atomic E-state index is 13.5. The maximum absolute atomic E-state index is 13.5. The highest BCUT2D eigenvalue weighted by Crippen LogP contribution is 2.23. The Morgan fingerprint density at radius 3 is 2.59 bits per heavy atom. The molecular weight excluding hydrogens is 370 g/mol. The number of hydroxylamine groups is 1. The third-order valence-corrected chi connectivity index (χ3v) is 4.87. The van der Waals surface area contributed by atoms with Crippen molar-refractivity contribution in [3.05, 3.63) is 60.3 Å². The quantitative estimate of drug-likeness (QED) is 0.673. The Morgan fingerprint density at radius 2 is 1.83 bits per heavy atom. The fraction of sp³-hybridized carbons (Fsp3) is 0.350. The molecule has 9 heteroatoms. The minimum atomic E-state index is -0.121. The molecule has 2 atom stereocenters. The van der Waals surface area contributed by atoms with Gasteiger partial charge in [-0.25, -0.2) is 15.0 Å². The Labute approximate surface area is 168 Å². The number of hydrogen-bond donors (Lipinski definition) is 0. The highest BCUT2D eigenvalue weighted by atomic mass is 16.7. The molecule has 0 N–H and O–H groups in total. The molecule has 9 nitrogen and oxygen atoms in total. The molecule has 1 aliphatic heterocycles. The molecule has 1 aromatic carbocycles. The minimum absolute atomic E-state index is 0.0813. The summed E-state index contributed by atoms with van der Waals surface area (Å²) in [6.07, 6.45) is 4.89. The molecule has 0 bridgehead atoms. The van der Waals surface area contributed by atoms with Crippen molar-refractivity contribution in [1.29, 1.82) is 0 Å². The summed E-state index contributed by atoms with van der Waals surface area (Å²) in [5.41, 5.74) is 1.20. The number of hydrogen-bond acceptors (Lipinski definition) is 7. The summed E-state index contributed by atoms with van der Waals surface area (Å²) in [7, 11) is 0. The van der Waals surface area contributed by atoms with Crippen LogP contribution >= 0.6 is 0 Å². The third-order valence-electron chi connectivity index (χ3n) is 4.87. The first kappa shape index (κ1) is 19.0. The zero-order chi connectivity index (χ0) is 20.4. The topological polar surface area (TPSA) is 89.3 Å². The number of amides is 1. The first-order valence-corrected chi connectivity index (χ1v) is 9.53. The lowest BCUT2D eigenvalue weighted by molar-refractivity contribution is 0.0545. The monoisotopic (exact) mass is 393 g/mol. The Bertz CT molecular complexity index is 992. The molecule has 1 aliphatic rings. The number of carbonyl (C=O) groups excluding carboxylic acids is 1. The van der Waals surface area contributed by atoms with Crippen LogP contribution in [0.3, 0.4) is 0 Å². The number of rotatable bonds is 3. The Morgan fingerprint density at radius 1 is 1.07 bits per heavy atom. The van der Waals surface area contributed by atoms with Crippen LogP contribution in [0.2, 0.25) is 0 Å². The molecule has 4 rings (SSSR count). The van der Waals surface area contributed by atoms with Crippen LogP contribution in [-0.2, 0) is 4.84 Å². The summed E-state index contributed by atoms with van der Waals surface area (Å²) in [6.45, 7) is 6.69. The van der Waals surface area contributed by atoms with E-state index in [2.05, 4.69) is 20.2 Å². The lowest BCUT2D eigenvalue weighted by Crippen LogP contribution is -2.47. The van der Waals surface area contributed by atoms with Crippen molar-refractivity contribution in [2.75, 3.05) is 18.2 Å². The lowest BCUT2D eigenvalue weighted by Gasteiger charge is -2.32. The van der Waals surface area contributed by atoms with Gasteiger partial charge < -0.3 is 4.90 Å². The van der Waals surface area contributed by atoms with E-state index in [4.69, 9.17) is 4.84 Å². The highest BCUT2D eigenvalue weighted by molar-refractivity contribution is 5.98. The van der Waals surface area contributed by atoms with Crippen molar-refractivity contribution >= 4 is 11.7 Å². The maximum Gasteiger partial charge on any atom is 0.256 e. The summed E-state index contributed by atoms with van der Waals surface area (Å²) < 4.78 is 0. The SMILES string of the molecule is Cc1nccc(N2C[C@H](C)N(C(=O)c3ccccc3-n3nccn3)[C@H](C)CO2)n1. The number of benzene rings is 1. The predicted molar refractivity (Wildman–Crippen MR) is 107 cm³/mol.